The predicted molar refractivity (Wildman–Crippen MR) is 76.6 cm³/mol. The first-order valence-corrected chi connectivity index (χ1v) is 6.53. The van der Waals surface area contributed by atoms with Gasteiger partial charge in [-0.15, -0.1) is 0 Å². The Morgan fingerprint density at radius 2 is 1.74 bits per heavy atom. The fourth-order valence-corrected chi connectivity index (χ4v) is 2.07. The molecule has 0 saturated carbocycles. The van der Waals surface area contributed by atoms with Crippen LogP contribution in [0.25, 0.3) is 0 Å². The molecule has 1 aromatic carbocycles. The van der Waals surface area contributed by atoms with E-state index < -0.39 is 7.12 Å². The number of benzene rings is 1. The van der Waals surface area contributed by atoms with Crippen LogP contribution >= 0.6 is 0 Å². The lowest BCUT2D eigenvalue weighted by molar-refractivity contribution is 0.00578. The van der Waals surface area contributed by atoms with E-state index in [1.807, 2.05) is 45.9 Å². The highest BCUT2D eigenvalue weighted by molar-refractivity contribution is 6.63. The minimum absolute atomic E-state index is 0.360. The van der Waals surface area contributed by atoms with Crippen LogP contribution in [0.5, 0.6) is 5.75 Å². The van der Waals surface area contributed by atoms with E-state index in [1.165, 1.54) is 0 Å². The zero-order valence-electron chi connectivity index (χ0n) is 12.3. The lowest BCUT2D eigenvalue weighted by atomic mass is 9.77. The quantitative estimate of drug-likeness (QED) is 0.839. The minimum atomic E-state index is -0.425. The van der Waals surface area contributed by atoms with Crippen molar-refractivity contribution in [3.63, 3.8) is 0 Å². The molecule has 0 spiro atoms. The normalized spacial score (nSPS) is 20.6. The maximum Gasteiger partial charge on any atom is 0.498 e. The van der Waals surface area contributed by atoms with E-state index in [0.717, 1.165) is 16.8 Å². The van der Waals surface area contributed by atoms with Gasteiger partial charge in [0, 0.05) is 12.0 Å². The zero-order chi connectivity index (χ0) is 14.3. The molecule has 5 heteroatoms. The van der Waals surface area contributed by atoms with Gasteiger partial charge in [-0.05, 0) is 39.3 Å². The molecule has 1 saturated heterocycles. The average molecular weight is 263 g/mol. The van der Waals surface area contributed by atoms with Gasteiger partial charge in [0.2, 0.25) is 0 Å². The SMILES string of the molecule is COc1ccc(CN)cc1B1OC(C)(C)C(C)(C)O1. The standard InChI is InChI=1S/C14H22BNO3/c1-13(2)14(3,4)19-15(18-13)11-8-10(9-16)6-7-12(11)17-5/h6-8H,9,16H2,1-5H3. The monoisotopic (exact) mass is 263 g/mol. The summed E-state index contributed by atoms with van der Waals surface area (Å²) in [6.45, 7) is 8.62. The van der Waals surface area contributed by atoms with E-state index >= 15 is 0 Å². The molecule has 0 atom stereocenters. The molecular formula is C14H22BNO3. The molecule has 104 valence electrons. The molecule has 1 aliphatic heterocycles. The summed E-state index contributed by atoms with van der Waals surface area (Å²) < 4.78 is 17.5. The van der Waals surface area contributed by atoms with Crippen LogP contribution in [0, 0.1) is 0 Å². The van der Waals surface area contributed by atoms with Gasteiger partial charge in [0.05, 0.1) is 18.3 Å². The van der Waals surface area contributed by atoms with Crippen LogP contribution in [0.3, 0.4) is 0 Å². The Morgan fingerprint density at radius 3 is 2.21 bits per heavy atom. The molecule has 0 unspecified atom stereocenters. The van der Waals surface area contributed by atoms with Crippen molar-refractivity contribution in [1.29, 1.82) is 0 Å². The summed E-state index contributed by atoms with van der Waals surface area (Å²) in [6, 6.07) is 5.84. The van der Waals surface area contributed by atoms with Crippen molar-refractivity contribution in [3.05, 3.63) is 23.8 Å². The van der Waals surface area contributed by atoms with Crippen LogP contribution in [0.15, 0.2) is 18.2 Å². The minimum Gasteiger partial charge on any atom is -0.497 e. The lowest BCUT2D eigenvalue weighted by Crippen LogP contribution is -2.41. The molecule has 4 nitrogen and oxygen atoms in total. The summed E-state index contributed by atoms with van der Waals surface area (Å²) in [5.41, 5.74) is 6.90. The summed E-state index contributed by atoms with van der Waals surface area (Å²) >= 11 is 0. The van der Waals surface area contributed by atoms with Crippen LogP contribution < -0.4 is 15.9 Å². The molecule has 1 aromatic rings. The van der Waals surface area contributed by atoms with Gasteiger partial charge in [0.1, 0.15) is 5.75 Å². The number of ether oxygens (including phenoxy) is 1. The van der Waals surface area contributed by atoms with Gasteiger partial charge in [-0.25, -0.2) is 0 Å². The van der Waals surface area contributed by atoms with Gasteiger partial charge in [-0.3, -0.25) is 0 Å². The van der Waals surface area contributed by atoms with E-state index in [9.17, 15) is 0 Å². The van der Waals surface area contributed by atoms with Gasteiger partial charge in [-0.2, -0.15) is 0 Å². The third kappa shape index (κ3) is 2.50. The Hall–Kier alpha value is -1.04. The van der Waals surface area contributed by atoms with Crippen molar-refractivity contribution in [1.82, 2.24) is 0 Å². The molecule has 0 radical (unpaired) electrons. The molecule has 19 heavy (non-hydrogen) atoms. The Kier molecular flexibility index (Phi) is 3.64. The van der Waals surface area contributed by atoms with Crippen LogP contribution in [0.2, 0.25) is 0 Å². The second-order valence-electron chi connectivity index (χ2n) is 5.87. The number of hydrogen-bond acceptors (Lipinski definition) is 4. The highest BCUT2D eigenvalue weighted by atomic mass is 16.7. The van der Waals surface area contributed by atoms with E-state index in [0.29, 0.717) is 6.54 Å². The Labute approximate surface area is 115 Å². The van der Waals surface area contributed by atoms with Crippen LogP contribution in [0.4, 0.5) is 0 Å². The molecule has 1 fully saturated rings. The lowest BCUT2D eigenvalue weighted by Gasteiger charge is -2.32. The first-order valence-electron chi connectivity index (χ1n) is 6.53. The van der Waals surface area contributed by atoms with E-state index in [1.54, 1.807) is 7.11 Å². The van der Waals surface area contributed by atoms with E-state index in [2.05, 4.69) is 0 Å². The summed E-state index contributed by atoms with van der Waals surface area (Å²) in [5, 5.41) is 0. The highest BCUT2D eigenvalue weighted by Gasteiger charge is 2.52. The third-order valence-electron chi connectivity index (χ3n) is 4.04. The molecular weight excluding hydrogens is 241 g/mol. The summed E-state index contributed by atoms with van der Waals surface area (Å²) in [6.07, 6.45) is 0. The number of methoxy groups -OCH3 is 1. The summed E-state index contributed by atoms with van der Waals surface area (Å²) in [5.74, 6) is 0.760. The molecule has 0 aromatic heterocycles. The first kappa shape index (κ1) is 14.4. The predicted octanol–water partition coefficient (Wildman–Crippen LogP) is 1.45. The van der Waals surface area contributed by atoms with Crippen molar-refractivity contribution in [3.8, 4) is 5.75 Å². The second-order valence-corrected chi connectivity index (χ2v) is 5.87. The van der Waals surface area contributed by atoms with E-state index in [4.69, 9.17) is 19.8 Å². The maximum absolute atomic E-state index is 6.05. The largest absolute Gasteiger partial charge is 0.498 e. The van der Waals surface area contributed by atoms with E-state index in [-0.39, 0.29) is 11.2 Å². The van der Waals surface area contributed by atoms with Crippen LogP contribution in [-0.4, -0.2) is 25.4 Å². The van der Waals surface area contributed by atoms with Gasteiger partial charge < -0.3 is 19.8 Å². The number of hydrogen-bond donors (Lipinski definition) is 1. The van der Waals surface area contributed by atoms with Gasteiger partial charge >= 0.3 is 7.12 Å². The first-order chi connectivity index (χ1) is 8.80. The highest BCUT2D eigenvalue weighted by Crippen LogP contribution is 2.37. The molecule has 2 N–H and O–H groups in total. The van der Waals surface area contributed by atoms with Crippen molar-refractivity contribution < 1.29 is 14.0 Å². The molecule has 1 heterocycles. The Morgan fingerprint density at radius 1 is 1.16 bits per heavy atom. The summed E-state index contributed by atoms with van der Waals surface area (Å²) in [7, 11) is 1.22. The number of nitrogens with two attached hydrogens (primary N) is 1. The maximum atomic E-state index is 6.05. The third-order valence-corrected chi connectivity index (χ3v) is 4.04. The molecule has 0 amide bonds. The average Bonchev–Trinajstić information content (AvgIpc) is 2.57. The van der Waals surface area contributed by atoms with Crippen molar-refractivity contribution in [2.45, 2.75) is 45.4 Å². The second kappa shape index (κ2) is 4.82. The molecule has 0 bridgehead atoms. The fourth-order valence-electron chi connectivity index (χ4n) is 2.07. The molecule has 1 aliphatic rings. The van der Waals surface area contributed by atoms with Gasteiger partial charge in [0.15, 0.2) is 0 Å². The Balaban J connectivity index is 2.38. The van der Waals surface area contributed by atoms with Gasteiger partial charge in [-0.1, -0.05) is 12.1 Å². The zero-order valence-corrected chi connectivity index (χ0v) is 12.3. The molecule has 2 rings (SSSR count). The van der Waals surface area contributed by atoms with Crippen molar-refractivity contribution in [2.24, 2.45) is 5.73 Å². The van der Waals surface area contributed by atoms with Crippen LogP contribution in [-0.2, 0) is 15.9 Å². The van der Waals surface area contributed by atoms with Crippen LogP contribution in [0.1, 0.15) is 33.3 Å². The van der Waals surface area contributed by atoms with Gasteiger partial charge in [0.25, 0.3) is 0 Å². The topological polar surface area (TPSA) is 53.7 Å². The van der Waals surface area contributed by atoms with Crippen molar-refractivity contribution >= 4 is 12.6 Å². The number of rotatable bonds is 3. The smallest absolute Gasteiger partial charge is 0.497 e. The molecule has 0 aliphatic carbocycles. The Bertz CT molecular complexity index is 458. The fraction of sp³-hybridized carbons (Fsp3) is 0.571. The summed E-state index contributed by atoms with van der Waals surface area (Å²) in [4.78, 5) is 0. The van der Waals surface area contributed by atoms with Crippen molar-refractivity contribution in [2.75, 3.05) is 7.11 Å².